The third kappa shape index (κ3) is 7.77. The number of carbonyl (C=O) groups excluding carboxylic acids is 1. The van der Waals surface area contributed by atoms with Gasteiger partial charge in [0, 0.05) is 85.1 Å². The fraction of sp³-hybridized carbons (Fsp3) is 0.488. The van der Waals surface area contributed by atoms with Crippen LogP contribution in [0.4, 0.5) is 4.39 Å². The molecular formula is C43H52ClFN4O4. The van der Waals surface area contributed by atoms with Crippen LogP contribution in [0.3, 0.4) is 0 Å². The molecule has 7 rings (SSSR count). The number of allylic oxidation sites excluding steroid dienone is 1. The first-order valence-electron chi connectivity index (χ1n) is 19.4. The minimum absolute atomic E-state index is 0.165. The van der Waals surface area contributed by atoms with Gasteiger partial charge in [0.25, 0.3) is 0 Å². The summed E-state index contributed by atoms with van der Waals surface area (Å²) in [5, 5.41) is 7.51. The summed E-state index contributed by atoms with van der Waals surface area (Å²) in [7, 11) is 4.20. The maximum absolute atomic E-state index is 14.0. The number of rotatable bonds is 11. The Morgan fingerprint density at radius 1 is 1.04 bits per heavy atom. The Hall–Kier alpha value is -3.76. The van der Waals surface area contributed by atoms with E-state index in [1.165, 1.54) is 12.1 Å². The first-order chi connectivity index (χ1) is 25.8. The van der Waals surface area contributed by atoms with E-state index >= 15 is 0 Å². The fourth-order valence-corrected chi connectivity index (χ4v) is 8.88. The van der Waals surface area contributed by atoms with Crippen molar-refractivity contribution in [3.8, 4) is 16.9 Å². The Balaban J connectivity index is 1.25. The smallest absolute Gasteiger partial charge is 0.334 e. The van der Waals surface area contributed by atoms with Gasteiger partial charge in [0.1, 0.15) is 17.7 Å². The summed E-state index contributed by atoms with van der Waals surface area (Å²) < 4.78 is 34.7. The van der Waals surface area contributed by atoms with E-state index < -0.39 is 0 Å². The molecule has 2 atom stereocenters. The summed E-state index contributed by atoms with van der Waals surface area (Å²) in [4.78, 5) is 18.9. The second kappa shape index (κ2) is 16.7. The van der Waals surface area contributed by atoms with Gasteiger partial charge in [-0.15, -0.1) is 0 Å². The van der Waals surface area contributed by atoms with Crippen molar-refractivity contribution in [2.75, 3.05) is 59.6 Å². The van der Waals surface area contributed by atoms with Crippen LogP contribution in [0.2, 0.25) is 5.02 Å². The molecule has 0 N–H and O–H groups in total. The van der Waals surface area contributed by atoms with Crippen molar-refractivity contribution in [3.05, 3.63) is 87.5 Å². The number of carbonyl (C=O) groups is 1. The number of ether oxygens (including phenoxy) is 3. The molecule has 8 nitrogen and oxygen atoms in total. The minimum atomic E-state index is -0.272. The van der Waals surface area contributed by atoms with Crippen molar-refractivity contribution in [2.45, 2.75) is 70.8 Å². The van der Waals surface area contributed by atoms with Gasteiger partial charge in [-0.2, -0.15) is 5.10 Å². The zero-order valence-electron chi connectivity index (χ0n) is 31.6. The third-order valence-electron chi connectivity index (χ3n) is 11.3. The van der Waals surface area contributed by atoms with Gasteiger partial charge in [0.05, 0.1) is 18.9 Å². The highest BCUT2D eigenvalue weighted by molar-refractivity contribution is 6.34. The number of likely N-dealkylation sites (N-methyl/N-ethyl adjacent to an activating group) is 1. The van der Waals surface area contributed by atoms with Crippen molar-refractivity contribution < 1.29 is 23.4 Å². The topological polar surface area (TPSA) is 69.1 Å². The van der Waals surface area contributed by atoms with E-state index in [-0.39, 0.29) is 23.8 Å². The molecule has 4 aromatic rings. The van der Waals surface area contributed by atoms with E-state index in [1.807, 2.05) is 42.9 Å². The number of aromatic nitrogens is 2. The number of esters is 1. The van der Waals surface area contributed by atoms with Gasteiger partial charge in [0.2, 0.25) is 0 Å². The Morgan fingerprint density at radius 3 is 2.66 bits per heavy atom. The molecule has 53 heavy (non-hydrogen) atoms. The van der Waals surface area contributed by atoms with Crippen molar-refractivity contribution in [2.24, 2.45) is 7.05 Å². The number of hydrogen-bond acceptors (Lipinski definition) is 7. The number of aryl methyl sites for hydroxylation is 1. The number of benzene rings is 3. The van der Waals surface area contributed by atoms with E-state index in [4.69, 9.17) is 30.9 Å². The monoisotopic (exact) mass is 742 g/mol. The van der Waals surface area contributed by atoms with Crippen LogP contribution in [0.25, 0.3) is 27.5 Å². The van der Waals surface area contributed by atoms with Crippen LogP contribution < -0.4 is 4.74 Å². The Bertz CT molecular complexity index is 1980. The van der Waals surface area contributed by atoms with Crippen molar-refractivity contribution >= 4 is 33.9 Å². The molecule has 282 valence electrons. The molecule has 1 aliphatic carbocycles. The third-order valence-corrected chi connectivity index (χ3v) is 11.6. The highest BCUT2D eigenvalue weighted by atomic mass is 35.5. The molecule has 3 heterocycles. The molecule has 0 spiro atoms. The Labute approximate surface area is 317 Å². The Kier molecular flexibility index (Phi) is 11.8. The van der Waals surface area contributed by atoms with Gasteiger partial charge in [-0.25, -0.2) is 9.18 Å². The molecule has 1 saturated heterocycles. The molecule has 0 bridgehead atoms. The first-order valence-corrected chi connectivity index (χ1v) is 19.8. The largest absolute Gasteiger partial charge is 0.493 e. The minimum Gasteiger partial charge on any atom is -0.493 e. The summed E-state index contributed by atoms with van der Waals surface area (Å²) in [5.41, 5.74) is 7.97. The normalized spacial score (nSPS) is 19.6. The zero-order chi connectivity index (χ0) is 37.1. The van der Waals surface area contributed by atoms with Crippen LogP contribution in [0, 0.1) is 5.82 Å². The summed E-state index contributed by atoms with van der Waals surface area (Å²) in [5.74, 6) is 0.0180. The molecule has 3 aliphatic rings. The van der Waals surface area contributed by atoms with Crippen LogP contribution in [-0.4, -0.2) is 85.1 Å². The SMILES string of the molecule is CCOC(=O)C1=C(CCCOc2cccc3cc(F)ccc23)c2ccc(Cl)c3c2C1CCCCOC(CCN1CCN(C)CC1)c1nn(C)c(CC)c1-3. The molecule has 2 unspecified atom stereocenters. The van der Waals surface area contributed by atoms with E-state index in [1.54, 1.807) is 6.07 Å². The van der Waals surface area contributed by atoms with E-state index in [0.29, 0.717) is 37.7 Å². The summed E-state index contributed by atoms with van der Waals surface area (Å²) in [6.07, 6.45) is 5.32. The molecular weight excluding hydrogens is 691 g/mol. The standard InChI is InChI=1S/C43H52ClFN4O4/c1-5-35-41-40-34(44)18-17-32-31(13-10-26-52-36-14-9-11-28-27-29(45)15-16-30(28)36)39(43(50)51-6-2)33(38(32)40)12-7-8-25-53-37(42(41)46-48(35)4)19-20-49-23-21-47(3)22-24-49/h9,11,14-18,27,33,37H,5-8,10,12-13,19-26H2,1-4H3. The summed E-state index contributed by atoms with van der Waals surface area (Å²) in [6.45, 7) is 10.6. The average Bonchev–Trinajstić information content (AvgIpc) is 3.64. The van der Waals surface area contributed by atoms with E-state index in [0.717, 1.165) is 126 Å². The van der Waals surface area contributed by atoms with E-state index in [2.05, 4.69) is 29.8 Å². The summed E-state index contributed by atoms with van der Waals surface area (Å²) in [6, 6.07) is 14.5. The van der Waals surface area contributed by atoms with Crippen molar-refractivity contribution in [1.29, 1.82) is 0 Å². The second-order valence-corrected chi connectivity index (χ2v) is 15.0. The second-order valence-electron chi connectivity index (χ2n) is 14.6. The van der Waals surface area contributed by atoms with Crippen molar-refractivity contribution in [1.82, 2.24) is 19.6 Å². The van der Waals surface area contributed by atoms with Crippen LogP contribution in [0.5, 0.6) is 5.75 Å². The van der Waals surface area contributed by atoms with Gasteiger partial charge < -0.3 is 24.0 Å². The molecule has 0 amide bonds. The van der Waals surface area contributed by atoms with Gasteiger partial charge in [0.15, 0.2) is 0 Å². The zero-order valence-corrected chi connectivity index (χ0v) is 32.3. The predicted octanol–water partition coefficient (Wildman–Crippen LogP) is 8.75. The maximum atomic E-state index is 14.0. The lowest BCUT2D eigenvalue weighted by Gasteiger charge is -2.33. The first kappa shape index (κ1) is 37.6. The number of hydrogen-bond donors (Lipinski definition) is 0. The van der Waals surface area contributed by atoms with Crippen LogP contribution in [0.15, 0.2) is 54.1 Å². The number of piperazine rings is 1. The van der Waals surface area contributed by atoms with Crippen molar-refractivity contribution in [3.63, 3.8) is 0 Å². The van der Waals surface area contributed by atoms with Gasteiger partial charge >= 0.3 is 5.97 Å². The highest BCUT2D eigenvalue weighted by Gasteiger charge is 2.40. The quantitative estimate of drug-likeness (QED) is 0.113. The highest BCUT2D eigenvalue weighted by Crippen LogP contribution is 2.54. The molecule has 1 aromatic heterocycles. The van der Waals surface area contributed by atoms with Crippen LogP contribution in [0.1, 0.15) is 86.9 Å². The molecule has 3 aromatic carbocycles. The predicted molar refractivity (Wildman–Crippen MR) is 209 cm³/mol. The van der Waals surface area contributed by atoms with Crippen LogP contribution >= 0.6 is 11.6 Å². The number of fused-ring (bicyclic) bond motifs is 3. The lowest BCUT2D eigenvalue weighted by atomic mass is 9.84. The van der Waals surface area contributed by atoms with Gasteiger partial charge in [-0.1, -0.05) is 43.1 Å². The number of halogens is 2. The molecule has 2 aliphatic heterocycles. The molecule has 10 heteroatoms. The van der Waals surface area contributed by atoms with Crippen LogP contribution in [-0.2, 0) is 27.7 Å². The average molecular weight is 743 g/mol. The molecule has 1 fully saturated rings. The molecule has 0 radical (unpaired) electrons. The van der Waals surface area contributed by atoms with Gasteiger partial charge in [-0.3, -0.25) is 4.68 Å². The molecule has 0 saturated carbocycles. The fourth-order valence-electron chi connectivity index (χ4n) is 8.62. The lowest BCUT2D eigenvalue weighted by Crippen LogP contribution is -2.44. The summed E-state index contributed by atoms with van der Waals surface area (Å²) >= 11 is 7.31. The van der Waals surface area contributed by atoms with Gasteiger partial charge in [-0.05, 0) is 105 Å². The Morgan fingerprint density at radius 2 is 1.87 bits per heavy atom. The van der Waals surface area contributed by atoms with E-state index in [9.17, 15) is 9.18 Å². The maximum Gasteiger partial charge on any atom is 0.334 e. The lowest BCUT2D eigenvalue weighted by molar-refractivity contribution is -0.138. The number of nitrogens with zero attached hydrogens (tertiary/aromatic N) is 4.